The highest BCUT2D eigenvalue weighted by Gasteiger charge is 2.38. The molecular formula is C12H19NO5S. The maximum atomic E-state index is 12.4. The second-order valence-electron chi connectivity index (χ2n) is 5.40. The zero-order valence-electron chi connectivity index (χ0n) is 10.7. The van der Waals surface area contributed by atoms with Crippen molar-refractivity contribution in [3.63, 3.8) is 0 Å². The van der Waals surface area contributed by atoms with Gasteiger partial charge in [0, 0.05) is 6.04 Å². The Balaban J connectivity index is 2.09. The predicted molar refractivity (Wildman–Crippen MR) is 68.4 cm³/mol. The van der Waals surface area contributed by atoms with Crippen molar-refractivity contribution in [2.75, 3.05) is 18.1 Å². The van der Waals surface area contributed by atoms with Crippen LogP contribution in [0.1, 0.15) is 32.1 Å². The van der Waals surface area contributed by atoms with Gasteiger partial charge < -0.3 is 10.0 Å². The Morgan fingerprint density at radius 2 is 1.79 bits per heavy atom. The van der Waals surface area contributed by atoms with Gasteiger partial charge in [-0.3, -0.25) is 9.59 Å². The molecular weight excluding hydrogens is 270 g/mol. The number of aliphatic carboxylic acids is 1. The van der Waals surface area contributed by atoms with Crippen molar-refractivity contribution in [3.8, 4) is 0 Å². The molecule has 19 heavy (non-hydrogen) atoms. The largest absolute Gasteiger partial charge is 0.480 e. The van der Waals surface area contributed by atoms with Crippen molar-refractivity contribution in [2.45, 2.75) is 38.1 Å². The van der Waals surface area contributed by atoms with Gasteiger partial charge in [0.25, 0.3) is 0 Å². The van der Waals surface area contributed by atoms with Gasteiger partial charge in [-0.15, -0.1) is 0 Å². The standard InChI is InChI=1S/C12H19NO5S/c14-11(15)7-13(10-3-1-2-4-10)12(16)9-5-6-19(17,18)8-9/h9-10H,1-8H2,(H,14,15). The monoisotopic (exact) mass is 289 g/mol. The molecule has 0 spiro atoms. The van der Waals surface area contributed by atoms with E-state index in [9.17, 15) is 18.0 Å². The van der Waals surface area contributed by atoms with Gasteiger partial charge in [-0.05, 0) is 19.3 Å². The number of hydrogen-bond donors (Lipinski definition) is 1. The van der Waals surface area contributed by atoms with Crippen molar-refractivity contribution >= 4 is 21.7 Å². The van der Waals surface area contributed by atoms with E-state index in [2.05, 4.69) is 0 Å². The van der Waals surface area contributed by atoms with Crippen LogP contribution in [0.5, 0.6) is 0 Å². The van der Waals surface area contributed by atoms with E-state index in [1.165, 1.54) is 4.90 Å². The molecule has 1 unspecified atom stereocenters. The summed E-state index contributed by atoms with van der Waals surface area (Å²) in [6.45, 7) is -0.319. The van der Waals surface area contributed by atoms with Gasteiger partial charge in [-0.2, -0.15) is 0 Å². The molecule has 1 saturated heterocycles. The van der Waals surface area contributed by atoms with E-state index in [4.69, 9.17) is 5.11 Å². The number of carboxylic acid groups (broad SMARTS) is 1. The van der Waals surface area contributed by atoms with E-state index >= 15 is 0 Å². The first-order chi connectivity index (χ1) is 8.89. The molecule has 2 fully saturated rings. The average molecular weight is 289 g/mol. The van der Waals surface area contributed by atoms with E-state index in [0.29, 0.717) is 6.42 Å². The lowest BCUT2D eigenvalue weighted by Gasteiger charge is -2.29. The maximum Gasteiger partial charge on any atom is 0.323 e. The summed E-state index contributed by atoms with van der Waals surface area (Å²) in [7, 11) is -3.12. The lowest BCUT2D eigenvalue weighted by Crippen LogP contribution is -2.45. The topological polar surface area (TPSA) is 91.8 Å². The molecule has 1 heterocycles. The van der Waals surface area contributed by atoms with Gasteiger partial charge in [-0.25, -0.2) is 8.42 Å². The molecule has 0 bridgehead atoms. The van der Waals surface area contributed by atoms with Gasteiger partial charge in [0.15, 0.2) is 9.84 Å². The highest BCUT2D eigenvalue weighted by molar-refractivity contribution is 7.91. The van der Waals surface area contributed by atoms with Crippen LogP contribution in [0.2, 0.25) is 0 Å². The summed E-state index contributed by atoms with van der Waals surface area (Å²) in [6, 6.07) is -0.0353. The van der Waals surface area contributed by atoms with E-state index in [-0.39, 0.29) is 30.0 Å². The number of hydrogen-bond acceptors (Lipinski definition) is 4. The Hall–Kier alpha value is -1.11. The molecule has 1 saturated carbocycles. The average Bonchev–Trinajstić information content (AvgIpc) is 2.94. The number of rotatable bonds is 4. The van der Waals surface area contributed by atoms with E-state index in [1.807, 2.05) is 0 Å². The smallest absolute Gasteiger partial charge is 0.323 e. The minimum absolute atomic E-state index is 0.0353. The third-order valence-corrected chi connectivity index (χ3v) is 5.70. The number of sulfone groups is 1. The summed E-state index contributed by atoms with van der Waals surface area (Å²) in [6.07, 6.45) is 3.95. The molecule has 0 aromatic heterocycles. The van der Waals surface area contributed by atoms with Crippen LogP contribution in [-0.2, 0) is 19.4 Å². The second-order valence-corrected chi connectivity index (χ2v) is 7.63. The molecule has 2 aliphatic rings. The molecule has 108 valence electrons. The van der Waals surface area contributed by atoms with E-state index < -0.39 is 21.7 Å². The van der Waals surface area contributed by atoms with Crippen molar-refractivity contribution in [3.05, 3.63) is 0 Å². The first-order valence-corrected chi connectivity index (χ1v) is 8.44. The third kappa shape index (κ3) is 3.46. The van der Waals surface area contributed by atoms with E-state index in [0.717, 1.165) is 25.7 Å². The number of amides is 1. The van der Waals surface area contributed by atoms with Crippen LogP contribution in [-0.4, -0.2) is 54.4 Å². The van der Waals surface area contributed by atoms with Crippen molar-refractivity contribution < 1.29 is 23.1 Å². The highest BCUT2D eigenvalue weighted by Crippen LogP contribution is 2.27. The zero-order valence-corrected chi connectivity index (χ0v) is 11.6. The number of nitrogens with zero attached hydrogens (tertiary/aromatic N) is 1. The normalized spacial score (nSPS) is 26.4. The summed E-state index contributed by atoms with van der Waals surface area (Å²) in [5.41, 5.74) is 0. The fourth-order valence-corrected chi connectivity index (χ4v) is 4.71. The molecule has 0 aromatic rings. The van der Waals surface area contributed by atoms with Crippen molar-refractivity contribution in [1.82, 2.24) is 4.90 Å². The highest BCUT2D eigenvalue weighted by atomic mass is 32.2. The SMILES string of the molecule is O=C(O)CN(C(=O)C1CCS(=O)(=O)C1)C1CCCC1. The summed E-state index contributed by atoms with van der Waals surface area (Å²) < 4.78 is 22.8. The third-order valence-electron chi connectivity index (χ3n) is 3.94. The van der Waals surface area contributed by atoms with Crippen LogP contribution in [0.15, 0.2) is 0 Å². The van der Waals surface area contributed by atoms with Crippen LogP contribution in [0, 0.1) is 5.92 Å². The molecule has 1 aliphatic carbocycles. The van der Waals surface area contributed by atoms with Gasteiger partial charge >= 0.3 is 5.97 Å². The summed E-state index contributed by atoms with van der Waals surface area (Å²) in [4.78, 5) is 24.6. The number of carbonyl (C=O) groups is 2. The van der Waals surface area contributed by atoms with Gasteiger partial charge in [0.1, 0.15) is 6.54 Å². The van der Waals surface area contributed by atoms with E-state index in [1.54, 1.807) is 0 Å². The van der Waals surface area contributed by atoms with Gasteiger partial charge in [0.2, 0.25) is 5.91 Å². The van der Waals surface area contributed by atoms with Crippen molar-refractivity contribution in [2.24, 2.45) is 5.92 Å². The van der Waals surface area contributed by atoms with Crippen LogP contribution < -0.4 is 0 Å². The van der Waals surface area contributed by atoms with Crippen LogP contribution in [0.4, 0.5) is 0 Å². The molecule has 7 heteroatoms. The molecule has 1 amide bonds. The lowest BCUT2D eigenvalue weighted by atomic mass is 10.1. The number of carbonyl (C=O) groups excluding carboxylic acids is 1. The summed E-state index contributed by atoms with van der Waals surface area (Å²) >= 11 is 0. The molecule has 2 rings (SSSR count). The van der Waals surface area contributed by atoms with Gasteiger partial charge in [-0.1, -0.05) is 12.8 Å². The Morgan fingerprint density at radius 1 is 1.16 bits per heavy atom. The zero-order chi connectivity index (χ0) is 14.0. The molecule has 1 N–H and O–H groups in total. The minimum atomic E-state index is -3.12. The Labute approximate surface area is 112 Å². The minimum Gasteiger partial charge on any atom is -0.480 e. The van der Waals surface area contributed by atoms with Crippen molar-refractivity contribution in [1.29, 1.82) is 0 Å². The maximum absolute atomic E-state index is 12.4. The van der Waals surface area contributed by atoms with Gasteiger partial charge in [0.05, 0.1) is 17.4 Å². The second kappa shape index (κ2) is 5.48. The van der Waals surface area contributed by atoms with Crippen LogP contribution >= 0.6 is 0 Å². The number of carboxylic acids is 1. The molecule has 1 atom stereocenters. The molecule has 0 aromatic carbocycles. The molecule has 1 aliphatic heterocycles. The lowest BCUT2D eigenvalue weighted by molar-refractivity contribution is -0.147. The first kappa shape index (κ1) is 14.3. The summed E-state index contributed by atoms with van der Waals surface area (Å²) in [5, 5.41) is 8.93. The predicted octanol–water partition coefficient (Wildman–Crippen LogP) is 0.277. The Morgan fingerprint density at radius 3 is 2.26 bits per heavy atom. The molecule has 0 radical (unpaired) electrons. The molecule has 6 nitrogen and oxygen atoms in total. The Kier molecular flexibility index (Phi) is 4.13. The van der Waals surface area contributed by atoms with Crippen LogP contribution in [0.25, 0.3) is 0 Å². The quantitative estimate of drug-likeness (QED) is 0.802. The first-order valence-electron chi connectivity index (χ1n) is 6.62. The van der Waals surface area contributed by atoms with Crippen LogP contribution in [0.3, 0.4) is 0 Å². The fourth-order valence-electron chi connectivity index (χ4n) is 2.97. The fraction of sp³-hybridized carbons (Fsp3) is 0.833. The summed E-state index contributed by atoms with van der Waals surface area (Å²) in [5.74, 6) is -1.98. The Bertz CT molecular complexity index is 467.